The molecule has 0 spiro atoms. The van der Waals surface area contributed by atoms with E-state index in [0.717, 1.165) is 122 Å². The highest BCUT2D eigenvalue weighted by Gasteiger charge is 2.54. The van der Waals surface area contributed by atoms with Gasteiger partial charge in [-0.05, 0) is 109 Å². The van der Waals surface area contributed by atoms with Gasteiger partial charge in [-0.15, -0.1) is 0 Å². The van der Waals surface area contributed by atoms with Crippen LogP contribution in [-0.2, 0) is 33.2 Å². The van der Waals surface area contributed by atoms with Crippen LogP contribution in [0.2, 0.25) is 0 Å². The van der Waals surface area contributed by atoms with Gasteiger partial charge in [-0.1, -0.05) is 339 Å². The molecule has 12 N–H and O–H groups in total. The van der Waals surface area contributed by atoms with Gasteiger partial charge >= 0.3 is 0 Å². The number of allylic oxidation sites excluding steroid dienone is 23. The second-order valence-corrected chi connectivity index (χ2v) is 31.0. The standard InChI is InChI=1S/C94H159NO18/c1-3-5-7-9-11-13-15-17-19-21-23-25-27-29-31-33-35-36-37-38-39-40-42-44-46-48-50-52-54-56-58-60-62-64-66-68-70-72-82(100)95-77(78(99)71-69-67-65-63-61-59-57-55-53-51-49-47-45-43-41-34-32-30-28-26-24-22-20-18-16-14-12-10-8-6-4-2)76-108-92-88(106)85(103)90(80(74-97)110-92)113-94-89(107)86(104)91(81(75-98)111-94)112-93-87(105)84(102)83(101)79(73-96)109-93/h5,7,11,13,17,19,23,25,29,31,35-36,38-39,42,44,48,50,54,56,61,63,69,71,77-81,83-94,96-99,101-107H,3-4,6,8-10,12,14-16,18,20-22,24,26-28,30,32-34,37,40-41,43,45-47,49,51-53,55,57-60,62,64-68,70,72-76H2,1-2H3,(H,95,100)/b7-5-,13-11-,19-17-,25-23-,31-29-,36-35-,39-38-,44-42-,50-48-,56-54-,63-61+,71-69+. The SMILES string of the molecule is CC/C=C\C/C=C\C/C=C\C/C=C\C/C=C\C/C=C\C/C=C\C/C=C\C/C=C\C/C=C\CCCCCCCCC(=O)NC(COC1OC(CO)C(OC2OC(CO)C(OC3OC(CO)C(O)C(O)C3O)C(O)C2O)C(O)C1O)C(O)/C=C/CC/C=C/CCCCCCCCCCCCCCCCCCCCCCCCCCC. The number of ether oxygens (including phenoxy) is 6. The summed E-state index contributed by atoms with van der Waals surface area (Å²) in [6.07, 6.45) is 78.4. The van der Waals surface area contributed by atoms with E-state index in [2.05, 4.69) is 153 Å². The van der Waals surface area contributed by atoms with E-state index < -0.39 is 124 Å². The number of hydrogen-bond donors (Lipinski definition) is 12. The zero-order chi connectivity index (χ0) is 81.7. The first kappa shape index (κ1) is 103. The van der Waals surface area contributed by atoms with Crippen molar-refractivity contribution in [3.8, 4) is 0 Å². The lowest BCUT2D eigenvalue weighted by molar-refractivity contribution is -0.379. The zero-order valence-electron chi connectivity index (χ0n) is 69.8. The van der Waals surface area contributed by atoms with Gasteiger partial charge in [-0.2, -0.15) is 0 Å². The van der Waals surface area contributed by atoms with Gasteiger partial charge in [0.1, 0.15) is 73.2 Å². The highest BCUT2D eigenvalue weighted by molar-refractivity contribution is 5.76. The van der Waals surface area contributed by atoms with Crippen LogP contribution >= 0.6 is 0 Å². The maximum absolute atomic E-state index is 13.5. The molecule has 0 bridgehead atoms. The van der Waals surface area contributed by atoms with Gasteiger partial charge in [0.2, 0.25) is 5.91 Å². The fourth-order valence-corrected chi connectivity index (χ4v) is 14.1. The Morgan fingerprint density at radius 3 is 0.991 bits per heavy atom. The smallest absolute Gasteiger partial charge is 0.220 e. The molecule has 19 heteroatoms. The van der Waals surface area contributed by atoms with E-state index in [-0.39, 0.29) is 18.9 Å². The summed E-state index contributed by atoms with van der Waals surface area (Å²) in [5.41, 5.74) is 0. The first-order chi connectivity index (χ1) is 55.3. The number of aliphatic hydroxyl groups excluding tert-OH is 11. The summed E-state index contributed by atoms with van der Waals surface area (Å²) in [7, 11) is 0. The Hall–Kier alpha value is -4.33. The minimum atomic E-state index is -1.99. The maximum Gasteiger partial charge on any atom is 0.220 e. The van der Waals surface area contributed by atoms with Crippen molar-refractivity contribution in [2.75, 3.05) is 26.4 Å². The van der Waals surface area contributed by atoms with Crippen LogP contribution in [-0.4, -0.2) is 193 Å². The Bertz CT molecular complexity index is 2610. The van der Waals surface area contributed by atoms with Crippen LogP contribution in [0.4, 0.5) is 0 Å². The summed E-state index contributed by atoms with van der Waals surface area (Å²) in [5, 5.41) is 121. The van der Waals surface area contributed by atoms with E-state index in [1.807, 2.05) is 6.08 Å². The van der Waals surface area contributed by atoms with Crippen LogP contribution < -0.4 is 5.32 Å². The molecule has 0 aromatic heterocycles. The van der Waals surface area contributed by atoms with E-state index >= 15 is 0 Å². The third kappa shape index (κ3) is 50.3. The van der Waals surface area contributed by atoms with Crippen molar-refractivity contribution in [1.82, 2.24) is 5.32 Å². The Labute approximate surface area is 683 Å². The van der Waals surface area contributed by atoms with E-state index in [1.165, 1.54) is 154 Å². The molecule has 3 aliphatic rings. The number of aliphatic hydroxyl groups is 11. The second-order valence-electron chi connectivity index (χ2n) is 31.0. The predicted molar refractivity (Wildman–Crippen MR) is 456 cm³/mol. The molecule has 17 atom stereocenters. The third-order valence-electron chi connectivity index (χ3n) is 21.1. The van der Waals surface area contributed by atoms with Crippen LogP contribution in [0.1, 0.15) is 309 Å². The average molecular weight is 1590 g/mol. The van der Waals surface area contributed by atoms with Crippen molar-refractivity contribution in [2.45, 2.75) is 413 Å². The number of hydrogen-bond acceptors (Lipinski definition) is 18. The van der Waals surface area contributed by atoms with Gasteiger partial charge in [0.05, 0.1) is 38.6 Å². The minimum Gasteiger partial charge on any atom is -0.394 e. The maximum atomic E-state index is 13.5. The Morgan fingerprint density at radius 2 is 0.619 bits per heavy atom. The quantitative estimate of drug-likeness (QED) is 0.0199. The minimum absolute atomic E-state index is 0.209. The van der Waals surface area contributed by atoms with E-state index in [0.29, 0.717) is 12.8 Å². The van der Waals surface area contributed by atoms with Gasteiger partial charge in [-0.25, -0.2) is 0 Å². The van der Waals surface area contributed by atoms with Crippen LogP contribution in [0.3, 0.4) is 0 Å². The molecule has 3 heterocycles. The van der Waals surface area contributed by atoms with Crippen molar-refractivity contribution in [3.05, 3.63) is 146 Å². The van der Waals surface area contributed by atoms with Crippen molar-refractivity contribution in [1.29, 1.82) is 0 Å². The molecule has 0 aromatic rings. The van der Waals surface area contributed by atoms with Crippen molar-refractivity contribution >= 4 is 5.91 Å². The number of unbranched alkanes of at least 4 members (excludes halogenated alkanes) is 32. The monoisotopic (exact) mass is 1590 g/mol. The summed E-state index contributed by atoms with van der Waals surface area (Å²) in [5.74, 6) is -0.303. The van der Waals surface area contributed by atoms with E-state index in [4.69, 9.17) is 28.4 Å². The lowest BCUT2D eigenvalue weighted by atomic mass is 9.96. The van der Waals surface area contributed by atoms with E-state index in [9.17, 15) is 61.0 Å². The molecule has 3 rings (SSSR count). The summed E-state index contributed by atoms with van der Waals surface area (Å²) < 4.78 is 34.5. The molecule has 1 amide bonds. The lowest BCUT2D eigenvalue weighted by Gasteiger charge is -2.48. The zero-order valence-corrected chi connectivity index (χ0v) is 69.8. The fourth-order valence-electron chi connectivity index (χ4n) is 14.1. The molecule has 17 unspecified atom stereocenters. The number of rotatable bonds is 70. The van der Waals surface area contributed by atoms with Crippen molar-refractivity contribution in [3.63, 3.8) is 0 Å². The van der Waals surface area contributed by atoms with Crippen LogP contribution in [0.15, 0.2) is 146 Å². The predicted octanol–water partition coefficient (Wildman–Crippen LogP) is 17.0. The number of carbonyl (C=O) groups excluding carboxylic acids is 1. The molecule has 648 valence electrons. The number of carbonyl (C=O) groups is 1. The summed E-state index contributed by atoms with van der Waals surface area (Å²) in [6.45, 7) is 1.61. The number of nitrogens with one attached hydrogen (secondary N) is 1. The third-order valence-corrected chi connectivity index (χ3v) is 21.1. The topological polar surface area (TPSA) is 307 Å². The highest BCUT2D eigenvalue weighted by Crippen LogP contribution is 2.33. The van der Waals surface area contributed by atoms with Crippen molar-refractivity contribution in [2.24, 2.45) is 0 Å². The van der Waals surface area contributed by atoms with Crippen molar-refractivity contribution < 1.29 is 89.4 Å². The second kappa shape index (κ2) is 71.8. The molecule has 19 nitrogen and oxygen atoms in total. The molecule has 0 saturated carbocycles. The summed E-state index contributed by atoms with van der Waals surface area (Å²) in [4.78, 5) is 13.5. The first-order valence-electron chi connectivity index (χ1n) is 44.6. The number of amides is 1. The average Bonchev–Trinajstić information content (AvgIpc) is 0.779. The molecule has 113 heavy (non-hydrogen) atoms. The van der Waals surface area contributed by atoms with Crippen LogP contribution in [0.25, 0.3) is 0 Å². The first-order valence-corrected chi connectivity index (χ1v) is 44.6. The molecular formula is C94H159NO18. The molecule has 3 aliphatic heterocycles. The fraction of sp³-hybridized carbons (Fsp3) is 0.734. The van der Waals surface area contributed by atoms with E-state index in [1.54, 1.807) is 6.08 Å². The molecule has 3 saturated heterocycles. The highest BCUT2D eigenvalue weighted by atomic mass is 16.8. The van der Waals surface area contributed by atoms with Gasteiger partial charge in [-0.3, -0.25) is 4.79 Å². The molecular weight excluding hydrogens is 1430 g/mol. The van der Waals surface area contributed by atoms with Gasteiger partial charge < -0.3 is 89.9 Å². The molecule has 0 aliphatic carbocycles. The van der Waals surface area contributed by atoms with Gasteiger partial charge in [0.25, 0.3) is 0 Å². The Balaban J connectivity index is 1.37. The van der Waals surface area contributed by atoms with Crippen LogP contribution in [0, 0.1) is 0 Å². The normalized spacial score (nSPS) is 25.5. The Kier molecular flexibility index (Phi) is 65.3. The Morgan fingerprint density at radius 1 is 0.327 bits per heavy atom. The molecule has 3 fully saturated rings. The van der Waals surface area contributed by atoms with Gasteiger partial charge in [0.15, 0.2) is 18.9 Å². The summed E-state index contributed by atoms with van der Waals surface area (Å²) >= 11 is 0. The molecule has 0 aromatic carbocycles. The molecule has 0 radical (unpaired) electrons. The summed E-state index contributed by atoms with van der Waals surface area (Å²) in [6, 6.07) is -1.01. The lowest BCUT2D eigenvalue weighted by Crippen LogP contribution is -2.66. The largest absolute Gasteiger partial charge is 0.394 e. The van der Waals surface area contributed by atoms with Gasteiger partial charge in [0, 0.05) is 6.42 Å². The van der Waals surface area contributed by atoms with Crippen LogP contribution in [0.5, 0.6) is 0 Å².